The summed E-state index contributed by atoms with van der Waals surface area (Å²) in [4.78, 5) is 11.3. The summed E-state index contributed by atoms with van der Waals surface area (Å²) in [6.45, 7) is -0.437. The van der Waals surface area contributed by atoms with E-state index in [2.05, 4.69) is 5.32 Å². The van der Waals surface area contributed by atoms with Crippen LogP contribution in [0.2, 0.25) is 0 Å². The van der Waals surface area contributed by atoms with Crippen LogP contribution < -0.4 is 5.32 Å². The fourth-order valence-electron chi connectivity index (χ4n) is 1.20. The third-order valence-corrected chi connectivity index (χ3v) is 1.85. The summed E-state index contributed by atoms with van der Waals surface area (Å²) in [6, 6.07) is 7.04. The second kappa shape index (κ2) is 4.60. The predicted octanol–water partition coefficient (Wildman–Crippen LogP) is 1.56. The Labute approximate surface area is 76.8 Å². The SMILES string of the molecule is CNC(=O)c1ccccc1CCF. The maximum atomic E-state index is 12.1. The van der Waals surface area contributed by atoms with Crippen LogP contribution >= 0.6 is 0 Å². The molecule has 0 atom stereocenters. The van der Waals surface area contributed by atoms with E-state index in [0.717, 1.165) is 5.56 Å². The molecular formula is C10H12FNO. The summed E-state index contributed by atoms with van der Waals surface area (Å²) < 4.78 is 12.1. The number of rotatable bonds is 3. The molecule has 1 rings (SSSR count). The minimum absolute atomic E-state index is 0.163. The molecule has 0 aliphatic carbocycles. The van der Waals surface area contributed by atoms with Gasteiger partial charge >= 0.3 is 0 Å². The highest BCUT2D eigenvalue weighted by molar-refractivity contribution is 5.95. The van der Waals surface area contributed by atoms with Crippen molar-refractivity contribution in [3.8, 4) is 0 Å². The first-order valence-electron chi connectivity index (χ1n) is 4.15. The van der Waals surface area contributed by atoms with Gasteiger partial charge in [0.1, 0.15) is 0 Å². The number of aryl methyl sites for hydroxylation is 1. The zero-order chi connectivity index (χ0) is 9.68. The first-order chi connectivity index (χ1) is 6.29. The maximum absolute atomic E-state index is 12.1. The Kier molecular flexibility index (Phi) is 3.43. The third-order valence-electron chi connectivity index (χ3n) is 1.85. The van der Waals surface area contributed by atoms with Gasteiger partial charge in [0, 0.05) is 19.0 Å². The number of carbonyl (C=O) groups is 1. The van der Waals surface area contributed by atoms with Gasteiger partial charge in [-0.15, -0.1) is 0 Å². The number of amides is 1. The van der Waals surface area contributed by atoms with Crippen LogP contribution in [0.4, 0.5) is 4.39 Å². The van der Waals surface area contributed by atoms with Crippen molar-refractivity contribution < 1.29 is 9.18 Å². The van der Waals surface area contributed by atoms with Gasteiger partial charge in [-0.05, 0) is 11.6 Å². The van der Waals surface area contributed by atoms with Gasteiger partial charge in [-0.1, -0.05) is 18.2 Å². The van der Waals surface area contributed by atoms with Crippen molar-refractivity contribution >= 4 is 5.91 Å². The van der Waals surface area contributed by atoms with Gasteiger partial charge < -0.3 is 5.32 Å². The Morgan fingerprint density at radius 3 is 2.77 bits per heavy atom. The standard InChI is InChI=1S/C10H12FNO/c1-12-10(13)9-5-3-2-4-8(9)6-7-11/h2-5H,6-7H2,1H3,(H,12,13). The smallest absolute Gasteiger partial charge is 0.251 e. The van der Waals surface area contributed by atoms with E-state index in [0.29, 0.717) is 12.0 Å². The molecule has 3 heteroatoms. The van der Waals surface area contributed by atoms with Crippen LogP contribution in [0.5, 0.6) is 0 Å². The topological polar surface area (TPSA) is 29.1 Å². The van der Waals surface area contributed by atoms with Crippen molar-refractivity contribution in [3.63, 3.8) is 0 Å². The van der Waals surface area contributed by atoms with Crippen molar-refractivity contribution in [1.82, 2.24) is 5.32 Å². The van der Waals surface area contributed by atoms with E-state index >= 15 is 0 Å². The van der Waals surface area contributed by atoms with Crippen molar-refractivity contribution in [1.29, 1.82) is 0 Å². The van der Waals surface area contributed by atoms with Crippen LogP contribution in [0.15, 0.2) is 24.3 Å². The number of halogens is 1. The molecule has 0 saturated heterocycles. The predicted molar refractivity (Wildman–Crippen MR) is 49.5 cm³/mol. The molecule has 1 aromatic carbocycles. The molecule has 0 fully saturated rings. The van der Waals surface area contributed by atoms with Crippen molar-refractivity contribution in [2.45, 2.75) is 6.42 Å². The van der Waals surface area contributed by atoms with Gasteiger partial charge in [-0.3, -0.25) is 9.18 Å². The highest BCUT2D eigenvalue weighted by Gasteiger charge is 2.07. The minimum Gasteiger partial charge on any atom is -0.355 e. The lowest BCUT2D eigenvalue weighted by Crippen LogP contribution is -2.19. The molecule has 0 saturated carbocycles. The van der Waals surface area contributed by atoms with Crippen molar-refractivity contribution in [3.05, 3.63) is 35.4 Å². The van der Waals surface area contributed by atoms with Crippen LogP contribution in [0.25, 0.3) is 0 Å². The number of benzene rings is 1. The molecule has 0 aromatic heterocycles. The van der Waals surface area contributed by atoms with E-state index in [1.165, 1.54) is 0 Å². The highest BCUT2D eigenvalue weighted by atomic mass is 19.1. The number of hydrogen-bond acceptors (Lipinski definition) is 1. The first kappa shape index (κ1) is 9.71. The second-order valence-corrected chi connectivity index (χ2v) is 2.68. The van der Waals surface area contributed by atoms with Crippen LogP contribution in [-0.2, 0) is 6.42 Å². The third kappa shape index (κ3) is 2.28. The molecule has 70 valence electrons. The summed E-state index contributed by atoms with van der Waals surface area (Å²) in [6.07, 6.45) is 0.295. The summed E-state index contributed by atoms with van der Waals surface area (Å²) in [5.41, 5.74) is 1.31. The van der Waals surface area contributed by atoms with Gasteiger partial charge in [-0.25, -0.2) is 0 Å². The molecule has 13 heavy (non-hydrogen) atoms. The van der Waals surface area contributed by atoms with Gasteiger partial charge in [-0.2, -0.15) is 0 Å². The first-order valence-corrected chi connectivity index (χ1v) is 4.15. The number of carbonyl (C=O) groups excluding carboxylic acids is 1. The Balaban J connectivity index is 2.97. The second-order valence-electron chi connectivity index (χ2n) is 2.68. The lowest BCUT2D eigenvalue weighted by Gasteiger charge is -2.05. The Morgan fingerprint density at radius 1 is 1.46 bits per heavy atom. The molecule has 0 aliphatic rings. The maximum Gasteiger partial charge on any atom is 0.251 e. The lowest BCUT2D eigenvalue weighted by molar-refractivity contribution is 0.0962. The average Bonchev–Trinajstić information content (AvgIpc) is 2.18. The van der Waals surface area contributed by atoms with Crippen LogP contribution in [-0.4, -0.2) is 19.6 Å². The summed E-state index contributed by atoms with van der Waals surface area (Å²) in [5, 5.41) is 2.52. The van der Waals surface area contributed by atoms with Crippen LogP contribution in [0.3, 0.4) is 0 Å². The zero-order valence-electron chi connectivity index (χ0n) is 7.51. The fraction of sp³-hybridized carbons (Fsp3) is 0.300. The van der Waals surface area contributed by atoms with Crippen molar-refractivity contribution in [2.24, 2.45) is 0 Å². The molecule has 0 aliphatic heterocycles. The molecule has 0 radical (unpaired) electrons. The van der Waals surface area contributed by atoms with Gasteiger partial charge in [0.05, 0.1) is 6.67 Å². The van der Waals surface area contributed by atoms with Crippen LogP contribution in [0, 0.1) is 0 Å². The molecule has 0 unspecified atom stereocenters. The van der Waals surface area contributed by atoms with E-state index in [9.17, 15) is 9.18 Å². The van der Waals surface area contributed by atoms with E-state index in [4.69, 9.17) is 0 Å². The van der Waals surface area contributed by atoms with Gasteiger partial charge in [0.25, 0.3) is 5.91 Å². The molecule has 0 heterocycles. The van der Waals surface area contributed by atoms with E-state index < -0.39 is 6.67 Å². The van der Waals surface area contributed by atoms with Crippen molar-refractivity contribution in [2.75, 3.05) is 13.7 Å². The number of hydrogen-bond donors (Lipinski definition) is 1. The minimum atomic E-state index is -0.437. The number of alkyl halides is 1. The molecule has 2 nitrogen and oxygen atoms in total. The monoisotopic (exact) mass is 181 g/mol. The summed E-state index contributed by atoms with van der Waals surface area (Å²) in [7, 11) is 1.56. The zero-order valence-corrected chi connectivity index (χ0v) is 7.51. The van der Waals surface area contributed by atoms with E-state index in [1.807, 2.05) is 0 Å². The summed E-state index contributed by atoms with van der Waals surface area (Å²) >= 11 is 0. The summed E-state index contributed by atoms with van der Waals surface area (Å²) in [5.74, 6) is -0.163. The lowest BCUT2D eigenvalue weighted by atomic mass is 10.0. The molecule has 1 N–H and O–H groups in total. The van der Waals surface area contributed by atoms with Gasteiger partial charge in [0.2, 0.25) is 0 Å². The molecule has 1 aromatic rings. The molecule has 1 amide bonds. The molecule has 0 spiro atoms. The normalized spacial score (nSPS) is 9.69. The fourth-order valence-corrected chi connectivity index (χ4v) is 1.20. The van der Waals surface area contributed by atoms with E-state index in [1.54, 1.807) is 31.3 Å². The largest absolute Gasteiger partial charge is 0.355 e. The molecule has 0 bridgehead atoms. The molecular weight excluding hydrogens is 169 g/mol. The Morgan fingerprint density at radius 2 is 2.15 bits per heavy atom. The average molecular weight is 181 g/mol. The Hall–Kier alpha value is -1.38. The van der Waals surface area contributed by atoms with Crippen LogP contribution in [0.1, 0.15) is 15.9 Å². The Bertz CT molecular complexity index is 299. The number of nitrogens with one attached hydrogen (secondary N) is 1. The highest BCUT2D eigenvalue weighted by Crippen LogP contribution is 2.09. The van der Waals surface area contributed by atoms with Gasteiger partial charge in [0.15, 0.2) is 0 Å². The van der Waals surface area contributed by atoms with E-state index in [-0.39, 0.29) is 5.91 Å². The quantitative estimate of drug-likeness (QED) is 0.753.